The second kappa shape index (κ2) is 5.80. The quantitative estimate of drug-likeness (QED) is 0.916. The van der Waals surface area contributed by atoms with E-state index in [1.807, 2.05) is 6.07 Å². The minimum atomic E-state index is -0.312. The summed E-state index contributed by atoms with van der Waals surface area (Å²) >= 11 is 0. The molecule has 4 heteroatoms. The minimum Gasteiger partial charge on any atom is -0.342 e. The van der Waals surface area contributed by atoms with Gasteiger partial charge < -0.3 is 10.6 Å². The molecule has 0 saturated heterocycles. The molecule has 0 aliphatic heterocycles. The van der Waals surface area contributed by atoms with Crippen molar-refractivity contribution in [3.8, 4) is 0 Å². The van der Waals surface area contributed by atoms with Gasteiger partial charge in [-0.3, -0.25) is 0 Å². The Bertz CT molecular complexity index is 553. The first-order valence-corrected chi connectivity index (χ1v) is 6.10. The van der Waals surface area contributed by atoms with Crippen LogP contribution in [0, 0.1) is 11.6 Å². The molecule has 0 aliphatic carbocycles. The van der Waals surface area contributed by atoms with E-state index in [0.717, 1.165) is 11.3 Å². The summed E-state index contributed by atoms with van der Waals surface area (Å²) in [5.41, 5.74) is 7.60. The Morgan fingerprint density at radius 1 is 1.05 bits per heavy atom. The molecule has 0 spiro atoms. The highest BCUT2D eigenvalue weighted by Crippen LogP contribution is 2.30. The van der Waals surface area contributed by atoms with Gasteiger partial charge in [-0.15, -0.1) is 0 Å². The topological polar surface area (TPSA) is 29.3 Å². The van der Waals surface area contributed by atoms with E-state index in [1.54, 1.807) is 30.1 Å². The van der Waals surface area contributed by atoms with E-state index in [-0.39, 0.29) is 11.6 Å². The molecule has 0 aromatic heterocycles. The average molecular weight is 262 g/mol. The normalized spacial score (nSPS) is 10.5. The maximum absolute atomic E-state index is 14.0. The SMILES string of the molecule is CN(c1ccc(F)cc1)c1c(F)cccc1CCN. The molecule has 0 amide bonds. The maximum Gasteiger partial charge on any atom is 0.147 e. The highest BCUT2D eigenvalue weighted by atomic mass is 19.1. The monoisotopic (exact) mass is 262 g/mol. The van der Waals surface area contributed by atoms with Crippen molar-refractivity contribution in [2.75, 3.05) is 18.5 Å². The fourth-order valence-electron chi connectivity index (χ4n) is 2.09. The Morgan fingerprint density at radius 3 is 2.37 bits per heavy atom. The molecule has 0 unspecified atom stereocenters. The summed E-state index contributed by atoms with van der Waals surface area (Å²) < 4.78 is 27.0. The molecule has 2 nitrogen and oxygen atoms in total. The second-order valence-electron chi connectivity index (χ2n) is 4.32. The van der Waals surface area contributed by atoms with E-state index in [9.17, 15) is 8.78 Å². The van der Waals surface area contributed by atoms with Gasteiger partial charge in [0, 0.05) is 12.7 Å². The third kappa shape index (κ3) is 2.90. The van der Waals surface area contributed by atoms with Crippen LogP contribution in [-0.2, 0) is 6.42 Å². The maximum atomic E-state index is 14.0. The van der Waals surface area contributed by atoms with Crippen LogP contribution in [0.2, 0.25) is 0 Å². The van der Waals surface area contributed by atoms with Gasteiger partial charge in [-0.2, -0.15) is 0 Å². The van der Waals surface area contributed by atoms with E-state index in [0.29, 0.717) is 18.7 Å². The number of hydrogen-bond acceptors (Lipinski definition) is 2. The molecule has 2 N–H and O–H groups in total. The molecule has 0 radical (unpaired) electrons. The van der Waals surface area contributed by atoms with Crippen molar-refractivity contribution in [1.29, 1.82) is 0 Å². The fraction of sp³-hybridized carbons (Fsp3) is 0.200. The fourth-order valence-corrected chi connectivity index (χ4v) is 2.09. The van der Waals surface area contributed by atoms with Gasteiger partial charge in [0.1, 0.15) is 11.6 Å². The van der Waals surface area contributed by atoms with Gasteiger partial charge in [0.05, 0.1) is 5.69 Å². The lowest BCUT2D eigenvalue weighted by Crippen LogP contribution is -2.15. The summed E-state index contributed by atoms with van der Waals surface area (Å²) in [5.74, 6) is -0.620. The molecule has 100 valence electrons. The molecule has 0 atom stereocenters. The molecule has 2 aromatic rings. The largest absolute Gasteiger partial charge is 0.342 e. The van der Waals surface area contributed by atoms with Crippen molar-refractivity contribution in [1.82, 2.24) is 0 Å². The van der Waals surface area contributed by atoms with Gasteiger partial charge in [-0.25, -0.2) is 8.78 Å². The van der Waals surface area contributed by atoms with Crippen LogP contribution in [0.3, 0.4) is 0 Å². The average Bonchev–Trinajstić information content (AvgIpc) is 2.39. The van der Waals surface area contributed by atoms with Gasteiger partial charge in [0.25, 0.3) is 0 Å². The van der Waals surface area contributed by atoms with Crippen molar-refractivity contribution in [3.05, 3.63) is 59.7 Å². The molecule has 0 fully saturated rings. The standard InChI is InChI=1S/C15H16F2N2/c1-19(13-7-5-12(16)6-8-13)15-11(9-10-18)3-2-4-14(15)17/h2-8H,9-10,18H2,1H3. The van der Waals surface area contributed by atoms with E-state index < -0.39 is 0 Å². The summed E-state index contributed by atoms with van der Waals surface area (Å²) in [6, 6.07) is 10.9. The number of halogens is 2. The van der Waals surface area contributed by atoms with Crippen molar-refractivity contribution in [3.63, 3.8) is 0 Å². The van der Waals surface area contributed by atoms with Crippen molar-refractivity contribution in [2.45, 2.75) is 6.42 Å². The number of anilines is 2. The first-order chi connectivity index (χ1) is 9.13. The highest BCUT2D eigenvalue weighted by Gasteiger charge is 2.14. The molecule has 0 bridgehead atoms. The van der Waals surface area contributed by atoms with E-state index in [4.69, 9.17) is 5.73 Å². The van der Waals surface area contributed by atoms with E-state index >= 15 is 0 Å². The zero-order valence-corrected chi connectivity index (χ0v) is 10.7. The lowest BCUT2D eigenvalue weighted by atomic mass is 10.1. The Labute approximate surface area is 111 Å². The van der Waals surface area contributed by atoms with Crippen molar-refractivity contribution in [2.24, 2.45) is 5.73 Å². The molecule has 2 rings (SSSR count). The molecular weight excluding hydrogens is 246 g/mol. The number of benzene rings is 2. The Hall–Kier alpha value is -1.94. The van der Waals surface area contributed by atoms with Crippen LogP contribution in [0.1, 0.15) is 5.56 Å². The Kier molecular flexibility index (Phi) is 4.12. The number of para-hydroxylation sites is 1. The molecule has 2 aromatic carbocycles. The lowest BCUT2D eigenvalue weighted by Gasteiger charge is -2.23. The first-order valence-electron chi connectivity index (χ1n) is 6.10. The van der Waals surface area contributed by atoms with Crippen LogP contribution in [-0.4, -0.2) is 13.6 Å². The van der Waals surface area contributed by atoms with Gasteiger partial charge in [0.15, 0.2) is 0 Å². The minimum absolute atomic E-state index is 0.308. The van der Waals surface area contributed by atoms with Crippen LogP contribution in [0.15, 0.2) is 42.5 Å². The summed E-state index contributed by atoms with van der Waals surface area (Å²) in [4.78, 5) is 1.71. The van der Waals surface area contributed by atoms with Crippen LogP contribution in [0.25, 0.3) is 0 Å². The van der Waals surface area contributed by atoms with Crippen LogP contribution in [0.5, 0.6) is 0 Å². The predicted molar refractivity (Wildman–Crippen MR) is 73.6 cm³/mol. The van der Waals surface area contributed by atoms with Crippen molar-refractivity contribution < 1.29 is 8.78 Å². The van der Waals surface area contributed by atoms with Gasteiger partial charge in [-0.1, -0.05) is 12.1 Å². The Morgan fingerprint density at radius 2 is 1.74 bits per heavy atom. The van der Waals surface area contributed by atoms with Gasteiger partial charge in [-0.05, 0) is 48.9 Å². The van der Waals surface area contributed by atoms with Gasteiger partial charge >= 0.3 is 0 Å². The number of rotatable bonds is 4. The summed E-state index contributed by atoms with van der Waals surface area (Å²) in [6.07, 6.45) is 0.596. The highest BCUT2D eigenvalue weighted by molar-refractivity contribution is 5.66. The van der Waals surface area contributed by atoms with Gasteiger partial charge in [0.2, 0.25) is 0 Å². The number of nitrogens with zero attached hydrogens (tertiary/aromatic N) is 1. The number of hydrogen-bond donors (Lipinski definition) is 1. The van der Waals surface area contributed by atoms with Crippen LogP contribution >= 0.6 is 0 Å². The Balaban J connectivity index is 2.42. The zero-order valence-electron chi connectivity index (χ0n) is 10.7. The van der Waals surface area contributed by atoms with Crippen molar-refractivity contribution >= 4 is 11.4 Å². The third-order valence-electron chi connectivity index (χ3n) is 3.03. The molecular formula is C15H16F2N2. The van der Waals surface area contributed by atoms with E-state index in [1.165, 1.54) is 18.2 Å². The molecule has 19 heavy (non-hydrogen) atoms. The third-order valence-corrected chi connectivity index (χ3v) is 3.03. The van der Waals surface area contributed by atoms with Crippen LogP contribution in [0.4, 0.5) is 20.2 Å². The number of nitrogens with two attached hydrogens (primary N) is 1. The summed E-state index contributed by atoms with van der Waals surface area (Å²) in [6.45, 7) is 0.452. The smallest absolute Gasteiger partial charge is 0.147 e. The lowest BCUT2D eigenvalue weighted by molar-refractivity contribution is 0.624. The molecule has 0 saturated carbocycles. The zero-order chi connectivity index (χ0) is 13.8. The molecule has 0 aliphatic rings. The van der Waals surface area contributed by atoms with Crippen LogP contribution < -0.4 is 10.6 Å². The summed E-state index contributed by atoms with van der Waals surface area (Å²) in [7, 11) is 1.76. The summed E-state index contributed by atoms with van der Waals surface area (Å²) in [5, 5.41) is 0. The predicted octanol–water partition coefficient (Wildman–Crippen LogP) is 3.23. The first kappa shape index (κ1) is 13.5. The second-order valence-corrected chi connectivity index (χ2v) is 4.32. The van der Waals surface area contributed by atoms with E-state index in [2.05, 4.69) is 0 Å². The molecule has 0 heterocycles.